The molecular weight excluding hydrogens is 250 g/mol. The molecule has 3 rings (SSSR count). The number of oxazole rings is 1. The molecule has 4 heteroatoms. The summed E-state index contributed by atoms with van der Waals surface area (Å²) in [6.45, 7) is 2.04. The molecule has 1 aromatic heterocycles. The number of nitrogen functional groups attached to an aromatic ring is 1. The largest absolute Gasteiger partial charge is 0.431 e. The molecule has 3 aromatic rings. The Balaban J connectivity index is 1.82. The first-order valence-corrected chi connectivity index (χ1v) is 6.36. The Morgan fingerprint density at radius 2 is 1.90 bits per heavy atom. The summed E-state index contributed by atoms with van der Waals surface area (Å²) in [5.41, 5.74) is 10.3. The number of anilines is 3. The van der Waals surface area contributed by atoms with Crippen molar-refractivity contribution in [1.29, 1.82) is 0 Å². The number of rotatable bonds is 3. The minimum Gasteiger partial charge on any atom is -0.431 e. The second-order valence-electron chi connectivity index (χ2n) is 4.65. The van der Waals surface area contributed by atoms with Gasteiger partial charge in [0.25, 0.3) is 6.01 Å². The highest BCUT2D eigenvalue weighted by Crippen LogP contribution is 2.23. The van der Waals surface area contributed by atoms with Crippen molar-refractivity contribution >= 4 is 17.4 Å². The van der Waals surface area contributed by atoms with Crippen LogP contribution in [0.25, 0.3) is 11.3 Å². The van der Waals surface area contributed by atoms with E-state index >= 15 is 0 Å². The average molecular weight is 265 g/mol. The van der Waals surface area contributed by atoms with Gasteiger partial charge in [-0.25, -0.2) is 0 Å². The Morgan fingerprint density at radius 1 is 1.10 bits per heavy atom. The van der Waals surface area contributed by atoms with Gasteiger partial charge in [0.2, 0.25) is 0 Å². The van der Waals surface area contributed by atoms with Crippen LogP contribution in [0.2, 0.25) is 0 Å². The maximum atomic E-state index is 5.67. The normalized spacial score (nSPS) is 10.4. The molecule has 3 N–H and O–H groups in total. The molecule has 0 aliphatic rings. The van der Waals surface area contributed by atoms with Crippen molar-refractivity contribution in [2.24, 2.45) is 0 Å². The lowest BCUT2D eigenvalue weighted by Crippen LogP contribution is -1.90. The number of nitrogens with two attached hydrogens (primary N) is 1. The summed E-state index contributed by atoms with van der Waals surface area (Å²) in [7, 11) is 0. The number of hydrogen-bond acceptors (Lipinski definition) is 4. The van der Waals surface area contributed by atoms with Crippen LogP contribution >= 0.6 is 0 Å². The molecule has 0 aliphatic carbocycles. The van der Waals surface area contributed by atoms with E-state index < -0.39 is 0 Å². The molecule has 100 valence electrons. The summed E-state index contributed by atoms with van der Waals surface area (Å²) >= 11 is 0. The Labute approximate surface area is 117 Å². The van der Waals surface area contributed by atoms with Crippen LogP contribution in [0.5, 0.6) is 0 Å². The van der Waals surface area contributed by atoms with Gasteiger partial charge in [-0.2, -0.15) is 4.98 Å². The molecule has 0 radical (unpaired) electrons. The minimum absolute atomic E-state index is 0.474. The third kappa shape index (κ3) is 2.64. The summed E-state index contributed by atoms with van der Waals surface area (Å²) in [6.07, 6.45) is 1.63. The number of nitrogens with zero attached hydrogens (tertiary/aromatic N) is 1. The standard InChI is InChI=1S/C16H15N3O/c1-11-3-2-4-14(9-11)18-16-19-15(10-20-16)12-5-7-13(17)8-6-12/h2-10H,17H2,1H3,(H,18,19). The first-order chi connectivity index (χ1) is 9.70. The highest BCUT2D eigenvalue weighted by molar-refractivity contribution is 5.63. The molecule has 0 amide bonds. The van der Waals surface area contributed by atoms with Gasteiger partial charge < -0.3 is 15.5 Å². The Kier molecular flexibility index (Phi) is 3.13. The van der Waals surface area contributed by atoms with Gasteiger partial charge in [0, 0.05) is 16.9 Å². The van der Waals surface area contributed by atoms with Crippen LogP contribution in [0.15, 0.2) is 59.2 Å². The fraction of sp³-hybridized carbons (Fsp3) is 0.0625. The SMILES string of the molecule is Cc1cccc(Nc2nc(-c3ccc(N)cc3)co2)c1. The quantitative estimate of drug-likeness (QED) is 0.703. The summed E-state index contributed by atoms with van der Waals surface area (Å²) in [6, 6.07) is 16.0. The van der Waals surface area contributed by atoms with Crippen LogP contribution in [0.3, 0.4) is 0 Å². The smallest absolute Gasteiger partial charge is 0.299 e. The number of hydrogen-bond donors (Lipinski definition) is 2. The average Bonchev–Trinajstić information content (AvgIpc) is 2.88. The zero-order valence-electron chi connectivity index (χ0n) is 11.1. The highest BCUT2D eigenvalue weighted by Gasteiger charge is 2.06. The van der Waals surface area contributed by atoms with Gasteiger partial charge in [0.1, 0.15) is 12.0 Å². The molecule has 0 unspecified atom stereocenters. The fourth-order valence-corrected chi connectivity index (χ4v) is 1.96. The van der Waals surface area contributed by atoms with E-state index in [4.69, 9.17) is 10.2 Å². The molecule has 0 saturated heterocycles. The third-order valence-electron chi connectivity index (χ3n) is 2.98. The van der Waals surface area contributed by atoms with Crippen molar-refractivity contribution in [3.63, 3.8) is 0 Å². The van der Waals surface area contributed by atoms with Crippen LogP contribution in [0.1, 0.15) is 5.56 Å². The third-order valence-corrected chi connectivity index (χ3v) is 2.98. The van der Waals surface area contributed by atoms with Gasteiger partial charge in [-0.05, 0) is 36.8 Å². The molecule has 0 fully saturated rings. The van der Waals surface area contributed by atoms with E-state index in [1.54, 1.807) is 6.26 Å². The zero-order chi connectivity index (χ0) is 13.9. The van der Waals surface area contributed by atoms with E-state index in [1.807, 2.05) is 55.5 Å². The van der Waals surface area contributed by atoms with Gasteiger partial charge in [-0.3, -0.25) is 0 Å². The molecule has 4 nitrogen and oxygen atoms in total. The molecule has 0 saturated carbocycles. The predicted octanol–water partition coefficient (Wildman–Crippen LogP) is 3.98. The van der Waals surface area contributed by atoms with Crippen molar-refractivity contribution in [1.82, 2.24) is 4.98 Å². The van der Waals surface area contributed by atoms with Gasteiger partial charge in [-0.1, -0.05) is 24.3 Å². The number of benzene rings is 2. The first kappa shape index (κ1) is 12.3. The molecule has 20 heavy (non-hydrogen) atoms. The van der Waals surface area contributed by atoms with Crippen LogP contribution < -0.4 is 11.1 Å². The second-order valence-corrected chi connectivity index (χ2v) is 4.65. The van der Waals surface area contributed by atoms with E-state index in [2.05, 4.69) is 10.3 Å². The summed E-state index contributed by atoms with van der Waals surface area (Å²) in [5.74, 6) is 0. The van der Waals surface area contributed by atoms with Crippen LogP contribution in [0.4, 0.5) is 17.4 Å². The second kappa shape index (κ2) is 5.09. The number of nitrogens with one attached hydrogen (secondary N) is 1. The minimum atomic E-state index is 0.474. The molecule has 0 spiro atoms. The van der Waals surface area contributed by atoms with Gasteiger partial charge in [-0.15, -0.1) is 0 Å². The Bertz CT molecular complexity index is 717. The van der Waals surface area contributed by atoms with Crippen molar-refractivity contribution in [2.75, 3.05) is 11.1 Å². The molecule has 0 atom stereocenters. The van der Waals surface area contributed by atoms with Crippen LogP contribution in [-0.4, -0.2) is 4.98 Å². The number of aryl methyl sites for hydroxylation is 1. The predicted molar refractivity (Wildman–Crippen MR) is 80.8 cm³/mol. The zero-order valence-corrected chi connectivity index (χ0v) is 11.1. The molecule has 0 aliphatic heterocycles. The van der Waals surface area contributed by atoms with Crippen molar-refractivity contribution < 1.29 is 4.42 Å². The molecule has 1 heterocycles. The Morgan fingerprint density at radius 3 is 2.65 bits per heavy atom. The fourth-order valence-electron chi connectivity index (χ4n) is 1.96. The topological polar surface area (TPSA) is 64.1 Å². The first-order valence-electron chi connectivity index (χ1n) is 6.36. The van der Waals surface area contributed by atoms with Crippen molar-refractivity contribution in [2.45, 2.75) is 6.92 Å². The van der Waals surface area contributed by atoms with E-state index in [-0.39, 0.29) is 0 Å². The monoisotopic (exact) mass is 265 g/mol. The Hall–Kier alpha value is -2.75. The lowest BCUT2D eigenvalue weighted by Gasteiger charge is -2.01. The maximum Gasteiger partial charge on any atom is 0.299 e. The van der Waals surface area contributed by atoms with Crippen molar-refractivity contribution in [3.05, 3.63) is 60.4 Å². The van der Waals surface area contributed by atoms with E-state index in [0.29, 0.717) is 6.01 Å². The van der Waals surface area contributed by atoms with Crippen LogP contribution in [-0.2, 0) is 0 Å². The van der Waals surface area contributed by atoms with E-state index in [1.165, 1.54) is 5.56 Å². The van der Waals surface area contributed by atoms with Gasteiger partial charge in [0.05, 0.1) is 0 Å². The lowest BCUT2D eigenvalue weighted by molar-refractivity contribution is 0.578. The lowest BCUT2D eigenvalue weighted by atomic mass is 10.1. The van der Waals surface area contributed by atoms with Crippen LogP contribution in [0, 0.1) is 6.92 Å². The van der Waals surface area contributed by atoms with E-state index in [0.717, 1.165) is 22.6 Å². The van der Waals surface area contributed by atoms with E-state index in [9.17, 15) is 0 Å². The molecular formula is C16H15N3O. The maximum absolute atomic E-state index is 5.67. The molecule has 2 aromatic carbocycles. The summed E-state index contributed by atoms with van der Waals surface area (Å²) in [4.78, 5) is 4.42. The summed E-state index contributed by atoms with van der Waals surface area (Å²) in [5, 5.41) is 3.14. The number of aromatic nitrogens is 1. The van der Waals surface area contributed by atoms with Gasteiger partial charge >= 0.3 is 0 Å². The highest BCUT2D eigenvalue weighted by atomic mass is 16.4. The van der Waals surface area contributed by atoms with Gasteiger partial charge in [0.15, 0.2) is 0 Å². The van der Waals surface area contributed by atoms with Crippen molar-refractivity contribution in [3.8, 4) is 11.3 Å². The summed E-state index contributed by atoms with van der Waals surface area (Å²) < 4.78 is 5.44. The molecule has 0 bridgehead atoms.